The summed E-state index contributed by atoms with van der Waals surface area (Å²) in [6.07, 6.45) is -1.19. The lowest BCUT2D eigenvalue weighted by molar-refractivity contribution is -0.192. The fourth-order valence-corrected chi connectivity index (χ4v) is 3.19. The van der Waals surface area contributed by atoms with Gasteiger partial charge in [-0.25, -0.2) is 9.78 Å². The maximum Gasteiger partial charge on any atom is 0.490 e. The van der Waals surface area contributed by atoms with Crippen molar-refractivity contribution < 1.29 is 27.9 Å². The van der Waals surface area contributed by atoms with Crippen LogP contribution in [0.2, 0.25) is 0 Å². The summed E-state index contributed by atoms with van der Waals surface area (Å²) in [5, 5.41) is 31.6. The first-order valence-electron chi connectivity index (χ1n) is 9.02. The maximum atomic E-state index is 12.5. The van der Waals surface area contributed by atoms with E-state index in [2.05, 4.69) is 27.8 Å². The number of halogens is 3. The molecule has 12 heteroatoms. The van der Waals surface area contributed by atoms with Gasteiger partial charge in [-0.1, -0.05) is 0 Å². The molecule has 30 heavy (non-hydrogen) atoms. The maximum absolute atomic E-state index is 12.5. The Morgan fingerprint density at radius 2 is 2.07 bits per heavy atom. The summed E-state index contributed by atoms with van der Waals surface area (Å²) in [4.78, 5) is 27.3. The van der Waals surface area contributed by atoms with Gasteiger partial charge in [-0.05, 0) is 31.4 Å². The van der Waals surface area contributed by atoms with Gasteiger partial charge in [-0.3, -0.25) is 4.79 Å². The minimum absolute atomic E-state index is 0.0112. The second kappa shape index (κ2) is 9.89. The molecule has 0 saturated carbocycles. The number of aromatic nitrogens is 1. The molecule has 3 rings (SSSR count). The number of nitrogens with one attached hydrogen (secondary N) is 2. The van der Waals surface area contributed by atoms with Crippen LogP contribution in [0.25, 0.3) is 0 Å². The number of alkyl halides is 3. The summed E-state index contributed by atoms with van der Waals surface area (Å²) in [5.74, 6) is -2.11. The van der Waals surface area contributed by atoms with Crippen LogP contribution >= 0.6 is 0 Å². The normalized spacial score (nSPS) is 23.0. The van der Waals surface area contributed by atoms with Crippen molar-refractivity contribution in [2.24, 2.45) is 0 Å². The van der Waals surface area contributed by atoms with Crippen LogP contribution in [0, 0.1) is 22.7 Å². The lowest BCUT2D eigenvalue weighted by atomic mass is 10.1. The monoisotopic (exact) mass is 424 g/mol. The van der Waals surface area contributed by atoms with E-state index in [9.17, 15) is 18.0 Å². The van der Waals surface area contributed by atoms with Crippen molar-refractivity contribution in [1.29, 1.82) is 10.5 Å². The molecular formula is C18H19F3N6O3. The Hall–Kier alpha value is -3.38. The van der Waals surface area contributed by atoms with Crippen LogP contribution in [0.4, 0.5) is 19.0 Å². The van der Waals surface area contributed by atoms with E-state index in [1.54, 1.807) is 23.2 Å². The summed E-state index contributed by atoms with van der Waals surface area (Å²) in [6.45, 7) is 1.32. The van der Waals surface area contributed by atoms with E-state index in [0.717, 1.165) is 12.8 Å². The largest absolute Gasteiger partial charge is 0.490 e. The van der Waals surface area contributed by atoms with Crippen LogP contribution in [0.1, 0.15) is 24.8 Å². The first kappa shape index (κ1) is 22.9. The average Bonchev–Trinajstić information content (AvgIpc) is 3.36. The number of carbonyl (C=O) groups is 2. The minimum atomic E-state index is -5.08. The van der Waals surface area contributed by atoms with Gasteiger partial charge in [0.1, 0.15) is 11.9 Å². The summed E-state index contributed by atoms with van der Waals surface area (Å²) < 4.78 is 31.7. The summed E-state index contributed by atoms with van der Waals surface area (Å²) in [7, 11) is 0. The molecule has 0 unspecified atom stereocenters. The number of carboxylic acids is 1. The highest BCUT2D eigenvalue weighted by Gasteiger charge is 2.38. The Balaban J connectivity index is 0.000000396. The molecule has 0 aromatic carbocycles. The average molecular weight is 424 g/mol. The molecule has 2 saturated heterocycles. The zero-order chi connectivity index (χ0) is 22.3. The second-order valence-corrected chi connectivity index (χ2v) is 6.70. The molecule has 1 amide bonds. The number of rotatable bonds is 3. The number of nitrogens with zero attached hydrogens (tertiary/aromatic N) is 4. The predicted octanol–water partition coefficient (Wildman–Crippen LogP) is 1.24. The number of carbonyl (C=O) groups excluding carboxylic acids is 1. The molecule has 3 atom stereocenters. The highest BCUT2D eigenvalue weighted by molar-refractivity contribution is 5.83. The predicted molar refractivity (Wildman–Crippen MR) is 96.8 cm³/mol. The number of likely N-dealkylation sites (tertiary alicyclic amines) is 1. The number of aliphatic carboxylic acids is 1. The van der Waals surface area contributed by atoms with Crippen LogP contribution in [0.3, 0.4) is 0 Å². The minimum Gasteiger partial charge on any atom is -0.475 e. The fourth-order valence-electron chi connectivity index (χ4n) is 3.19. The Labute approximate surface area is 170 Å². The molecule has 0 bridgehead atoms. The Kier molecular flexibility index (Phi) is 7.55. The molecule has 0 radical (unpaired) electrons. The number of amides is 1. The topological polar surface area (TPSA) is 142 Å². The molecule has 2 fully saturated rings. The summed E-state index contributed by atoms with van der Waals surface area (Å²) >= 11 is 0. The van der Waals surface area contributed by atoms with Gasteiger partial charge in [0.15, 0.2) is 0 Å². The van der Waals surface area contributed by atoms with E-state index in [4.69, 9.17) is 20.4 Å². The van der Waals surface area contributed by atoms with E-state index in [1.807, 2.05) is 0 Å². The van der Waals surface area contributed by atoms with Gasteiger partial charge in [-0.15, -0.1) is 0 Å². The smallest absolute Gasteiger partial charge is 0.475 e. The van der Waals surface area contributed by atoms with E-state index < -0.39 is 12.1 Å². The van der Waals surface area contributed by atoms with Crippen LogP contribution in [0.15, 0.2) is 18.3 Å². The molecule has 0 spiro atoms. The molecule has 3 N–H and O–H groups in total. The lowest BCUT2D eigenvalue weighted by Crippen LogP contribution is -2.45. The third-order valence-electron chi connectivity index (χ3n) is 4.60. The Morgan fingerprint density at radius 1 is 1.37 bits per heavy atom. The van der Waals surface area contributed by atoms with E-state index in [0.29, 0.717) is 30.9 Å². The molecular weight excluding hydrogens is 405 g/mol. The zero-order valence-corrected chi connectivity index (χ0v) is 15.7. The van der Waals surface area contributed by atoms with Gasteiger partial charge in [-0.2, -0.15) is 23.7 Å². The number of nitriles is 2. The molecule has 0 aliphatic carbocycles. The number of hydrogen-bond donors (Lipinski definition) is 3. The third kappa shape index (κ3) is 6.06. The van der Waals surface area contributed by atoms with Crippen molar-refractivity contribution >= 4 is 17.7 Å². The summed E-state index contributed by atoms with van der Waals surface area (Å²) in [5.41, 5.74) is 0.551. The van der Waals surface area contributed by atoms with Crippen molar-refractivity contribution in [1.82, 2.24) is 15.2 Å². The van der Waals surface area contributed by atoms with Crippen LogP contribution in [-0.2, 0) is 9.59 Å². The van der Waals surface area contributed by atoms with Gasteiger partial charge < -0.3 is 20.6 Å². The quantitative estimate of drug-likeness (QED) is 0.658. The van der Waals surface area contributed by atoms with Crippen molar-refractivity contribution in [3.05, 3.63) is 23.9 Å². The fraction of sp³-hybridized carbons (Fsp3) is 0.500. The first-order valence-corrected chi connectivity index (χ1v) is 9.02. The van der Waals surface area contributed by atoms with Gasteiger partial charge in [0, 0.05) is 25.3 Å². The van der Waals surface area contributed by atoms with E-state index >= 15 is 0 Å². The van der Waals surface area contributed by atoms with E-state index in [1.165, 1.54) is 0 Å². The highest BCUT2D eigenvalue weighted by atomic mass is 19.4. The molecule has 2 aliphatic heterocycles. The van der Waals surface area contributed by atoms with Crippen LogP contribution in [-0.4, -0.2) is 64.3 Å². The Bertz CT molecular complexity index is 864. The number of anilines is 1. The van der Waals surface area contributed by atoms with Gasteiger partial charge in [0.05, 0.1) is 23.7 Å². The van der Waals surface area contributed by atoms with Gasteiger partial charge >= 0.3 is 12.1 Å². The lowest BCUT2D eigenvalue weighted by Gasteiger charge is -2.23. The van der Waals surface area contributed by atoms with Crippen LogP contribution in [0.5, 0.6) is 0 Å². The van der Waals surface area contributed by atoms with Crippen molar-refractivity contribution in [3.63, 3.8) is 0 Å². The van der Waals surface area contributed by atoms with Gasteiger partial charge in [0.2, 0.25) is 5.91 Å². The van der Waals surface area contributed by atoms with Crippen molar-refractivity contribution in [2.75, 3.05) is 18.4 Å². The van der Waals surface area contributed by atoms with E-state index in [-0.39, 0.29) is 24.0 Å². The number of carboxylic acid groups (broad SMARTS) is 1. The molecule has 160 valence electrons. The standard InChI is InChI=1S/C16H18N6O.C2HF3O2/c17-8-11-3-4-19-15(6-11)21-12-7-14(20-10-12)16(23)22-5-1-2-13(22)9-18;3-2(4,5)1(6)7/h3-4,6,12-14,20H,1-2,5,7,10H2,(H,19,21);(H,6,7)/t12-,13-,14-;/m0./s1. The van der Waals surface area contributed by atoms with Crippen molar-refractivity contribution in [3.8, 4) is 12.1 Å². The molecule has 2 aliphatic rings. The second-order valence-electron chi connectivity index (χ2n) is 6.70. The molecule has 1 aromatic heterocycles. The van der Waals surface area contributed by atoms with Crippen molar-refractivity contribution in [2.45, 2.75) is 43.6 Å². The van der Waals surface area contributed by atoms with Crippen LogP contribution < -0.4 is 10.6 Å². The zero-order valence-electron chi connectivity index (χ0n) is 15.7. The third-order valence-corrected chi connectivity index (χ3v) is 4.60. The summed E-state index contributed by atoms with van der Waals surface area (Å²) in [6, 6.07) is 7.16. The first-order chi connectivity index (χ1) is 14.2. The molecule has 3 heterocycles. The van der Waals surface area contributed by atoms with Gasteiger partial charge in [0.25, 0.3) is 0 Å². The SMILES string of the molecule is N#Cc1ccnc(N[C@@H]2CN[C@H](C(=O)N3CCC[C@H]3C#N)C2)c1.O=C(O)C(F)(F)F. The Morgan fingerprint density at radius 3 is 2.67 bits per heavy atom. The number of hydrogen-bond acceptors (Lipinski definition) is 7. The number of pyridine rings is 1. The molecule has 9 nitrogen and oxygen atoms in total. The highest BCUT2D eigenvalue weighted by Crippen LogP contribution is 2.21. The molecule has 1 aromatic rings.